The number of pyridine rings is 1. The molecule has 17 heavy (non-hydrogen) atoms. The third-order valence-electron chi connectivity index (χ3n) is 2.37. The second-order valence-corrected chi connectivity index (χ2v) is 6.41. The number of H-pyrrole nitrogens is 1. The van der Waals surface area contributed by atoms with Crippen molar-refractivity contribution in [1.82, 2.24) is 4.98 Å². The predicted octanol–water partition coefficient (Wildman–Crippen LogP) is 3.67. The van der Waals surface area contributed by atoms with Crippen molar-refractivity contribution in [3.8, 4) is 0 Å². The number of para-hydroxylation sites is 1. The first-order valence-corrected chi connectivity index (χ1v) is 6.69. The van der Waals surface area contributed by atoms with Gasteiger partial charge in [-0.1, -0.05) is 39.0 Å². The second kappa shape index (κ2) is 4.57. The molecule has 0 bridgehead atoms. The minimum absolute atomic E-state index is 0.0277. The van der Waals surface area contributed by atoms with Crippen LogP contribution in [0.3, 0.4) is 0 Å². The van der Waals surface area contributed by atoms with Gasteiger partial charge in [0.15, 0.2) is 0 Å². The highest BCUT2D eigenvalue weighted by molar-refractivity contribution is 7.99. The zero-order valence-corrected chi connectivity index (χ0v) is 11.2. The smallest absolute Gasteiger partial charge is 0.249 e. The van der Waals surface area contributed by atoms with E-state index in [4.69, 9.17) is 0 Å². The first kappa shape index (κ1) is 12.2. The second-order valence-electron chi connectivity index (χ2n) is 5.39. The third kappa shape index (κ3) is 3.13. The van der Waals surface area contributed by atoms with Gasteiger partial charge >= 0.3 is 0 Å². The molecule has 3 heteroatoms. The number of hydrogen-bond acceptors (Lipinski definition) is 2. The summed E-state index contributed by atoms with van der Waals surface area (Å²) in [5, 5.41) is 1.13. The fourth-order valence-corrected chi connectivity index (χ4v) is 2.70. The maximum atomic E-state index is 11.6. The predicted molar refractivity (Wildman–Crippen MR) is 74.7 cm³/mol. The Labute approximate surface area is 105 Å². The number of fused-ring (bicyclic) bond motifs is 1. The summed E-state index contributed by atoms with van der Waals surface area (Å²) in [6, 6.07) is 9.63. The molecule has 2 nitrogen and oxygen atoms in total. The van der Waals surface area contributed by atoms with Gasteiger partial charge < -0.3 is 4.98 Å². The average Bonchev–Trinajstić information content (AvgIpc) is 2.24. The Kier molecular flexibility index (Phi) is 3.29. The van der Waals surface area contributed by atoms with Gasteiger partial charge in [0.2, 0.25) is 5.56 Å². The Balaban J connectivity index is 2.42. The molecule has 0 aliphatic heterocycles. The van der Waals surface area contributed by atoms with E-state index >= 15 is 0 Å². The van der Waals surface area contributed by atoms with E-state index in [0.29, 0.717) is 0 Å². The Morgan fingerprint density at radius 3 is 2.65 bits per heavy atom. The lowest BCUT2D eigenvalue weighted by molar-refractivity contribution is 0.481. The van der Waals surface area contributed by atoms with Crippen molar-refractivity contribution < 1.29 is 0 Å². The highest BCUT2D eigenvalue weighted by atomic mass is 32.2. The Hall–Kier alpha value is -1.22. The number of rotatable bonds is 2. The average molecular weight is 247 g/mol. The van der Waals surface area contributed by atoms with E-state index < -0.39 is 0 Å². The van der Waals surface area contributed by atoms with Gasteiger partial charge in [-0.2, -0.15) is 0 Å². The minimum Gasteiger partial charge on any atom is -0.322 e. The van der Waals surface area contributed by atoms with Crippen LogP contribution >= 0.6 is 11.8 Å². The molecule has 90 valence electrons. The van der Waals surface area contributed by atoms with Gasteiger partial charge in [0.1, 0.15) is 0 Å². The standard InChI is InChI=1S/C14H17NOS/c1-14(2,3)9-17-12-8-13(16)15-11-7-5-4-6-10(11)12/h4-8H,9H2,1-3H3,(H,15,16). The van der Waals surface area contributed by atoms with Crippen LogP contribution in [-0.4, -0.2) is 10.7 Å². The summed E-state index contributed by atoms with van der Waals surface area (Å²) in [4.78, 5) is 15.5. The maximum Gasteiger partial charge on any atom is 0.249 e. The number of aromatic nitrogens is 1. The summed E-state index contributed by atoms with van der Waals surface area (Å²) in [5.74, 6) is 1.00. The molecule has 0 radical (unpaired) electrons. The van der Waals surface area contributed by atoms with E-state index in [9.17, 15) is 4.79 Å². The monoisotopic (exact) mass is 247 g/mol. The van der Waals surface area contributed by atoms with E-state index in [1.165, 1.54) is 0 Å². The SMILES string of the molecule is CC(C)(C)CSc1cc(=O)[nH]c2ccccc12. The van der Waals surface area contributed by atoms with E-state index in [0.717, 1.165) is 21.6 Å². The molecule has 0 atom stereocenters. The van der Waals surface area contributed by atoms with E-state index in [1.807, 2.05) is 18.2 Å². The van der Waals surface area contributed by atoms with Gasteiger partial charge in [0, 0.05) is 27.6 Å². The fourth-order valence-electron chi connectivity index (χ4n) is 1.59. The molecule has 0 unspecified atom stereocenters. The largest absolute Gasteiger partial charge is 0.322 e. The van der Waals surface area contributed by atoms with Gasteiger partial charge in [-0.15, -0.1) is 11.8 Å². The number of thioether (sulfide) groups is 1. The Bertz CT molecular complexity index is 581. The molecular formula is C14H17NOS. The summed E-state index contributed by atoms with van der Waals surface area (Å²) < 4.78 is 0. The van der Waals surface area contributed by atoms with Gasteiger partial charge in [-0.05, 0) is 11.5 Å². The highest BCUT2D eigenvalue weighted by Gasteiger charge is 2.12. The summed E-state index contributed by atoms with van der Waals surface area (Å²) in [7, 11) is 0. The third-order valence-corrected chi connectivity index (χ3v) is 4.03. The molecule has 2 aromatic rings. The molecule has 1 N–H and O–H groups in total. The van der Waals surface area contributed by atoms with Crippen molar-refractivity contribution in [3.05, 3.63) is 40.7 Å². The number of nitrogens with one attached hydrogen (secondary N) is 1. The molecule has 2 rings (SSSR count). The van der Waals surface area contributed by atoms with E-state index in [-0.39, 0.29) is 11.0 Å². The van der Waals surface area contributed by atoms with Crippen molar-refractivity contribution in [2.24, 2.45) is 5.41 Å². The fraction of sp³-hybridized carbons (Fsp3) is 0.357. The van der Waals surface area contributed by atoms with E-state index in [2.05, 4.69) is 31.8 Å². The van der Waals surface area contributed by atoms with Gasteiger partial charge in [-0.25, -0.2) is 0 Å². The molecule has 0 fully saturated rings. The molecule has 1 heterocycles. The first-order chi connectivity index (χ1) is 7.96. The molecule has 0 saturated heterocycles. The molecule has 0 saturated carbocycles. The van der Waals surface area contributed by atoms with Crippen molar-refractivity contribution in [2.45, 2.75) is 25.7 Å². The number of benzene rings is 1. The van der Waals surface area contributed by atoms with Crippen molar-refractivity contribution in [1.29, 1.82) is 0 Å². The molecule has 0 aliphatic rings. The highest BCUT2D eigenvalue weighted by Crippen LogP contribution is 2.30. The van der Waals surface area contributed by atoms with Crippen LogP contribution in [0, 0.1) is 5.41 Å². The van der Waals surface area contributed by atoms with Crippen molar-refractivity contribution in [3.63, 3.8) is 0 Å². The maximum absolute atomic E-state index is 11.6. The molecule has 0 aliphatic carbocycles. The summed E-state index contributed by atoms with van der Waals surface area (Å²) >= 11 is 1.75. The molecule has 1 aromatic carbocycles. The van der Waals surface area contributed by atoms with E-state index in [1.54, 1.807) is 17.8 Å². The minimum atomic E-state index is -0.0277. The van der Waals surface area contributed by atoms with Crippen LogP contribution in [0.1, 0.15) is 20.8 Å². The summed E-state index contributed by atoms with van der Waals surface area (Å²) in [5.41, 5.74) is 1.14. The molecule has 0 spiro atoms. The Morgan fingerprint density at radius 1 is 1.24 bits per heavy atom. The lowest BCUT2D eigenvalue weighted by atomic mass is 10.0. The van der Waals surface area contributed by atoms with Crippen LogP contribution in [0.5, 0.6) is 0 Å². The van der Waals surface area contributed by atoms with Crippen molar-refractivity contribution >= 4 is 22.7 Å². The normalized spacial score (nSPS) is 11.9. The number of aromatic amines is 1. The molecule has 1 aromatic heterocycles. The van der Waals surface area contributed by atoms with Crippen LogP contribution in [0.2, 0.25) is 0 Å². The van der Waals surface area contributed by atoms with Crippen LogP contribution in [0.15, 0.2) is 40.0 Å². The van der Waals surface area contributed by atoms with Crippen LogP contribution in [-0.2, 0) is 0 Å². The zero-order valence-electron chi connectivity index (χ0n) is 10.4. The lowest BCUT2D eigenvalue weighted by Crippen LogP contribution is -2.09. The summed E-state index contributed by atoms with van der Waals surface area (Å²) in [6.45, 7) is 6.61. The molecule has 0 amide bonds. The van der Waals surface area contributed by atoms with Gasteiger partial charge in [-0.3, -0.25) is 4.79 Å². The van der Waals surface area contributed by atoms with Crippen molar-refractivity contribution in [2.75, 3.05) is 5.75 Å². The quantitative estimate of drug-likeness (QED) is 0.821. The van der Waals surface area contributed by atoms with Crippen LogP contribution < -0.4 is 5.56 Å². The molecular weight excluding hydrogens is 230 g/mol. The first-order valence-electron chi connectivity index (χ1n) is 5.71. The Morgan fingerprint density at radius 2 is 1.94 bits per heavy atom. The van der Waals surface area contributed by atoms with Crippen LogP contribution in [0.4, 0.5) is 0 Å². The summed E-state index contributed by atoms with van der Waals surface area (Å²) in [6.07, 6.45) is 0. The topological polar surface area (TPSA) is 32.9 Å². The van der Waals surface area contributed by atoms with Gasteiger partial charge in [0.05, 0.1) is 0 Å². The lowest BCUT2D eigenvalue weighted by Gasteiger charge is -2.17. The zero-order chi connectivity index (χ0) is 12.5. The van der Waals surface area contributed by atoms with Crippen LogP contribution in [0.25, 0.3) is 10.9 Å². The number of hydrogen-bond donors (Lipinski definition) is 1. The van der Waals surface area contributed by atoms with Gasteiger partial charge in [0.25, 0.3) is 0 Å².